The highest BCUT2D eigenvalue weighted by molar-refractivity contribution is 7.91. The van der Waals surface area contributed by atoms with E-state index in [-0.39, 0.29) is 29.2 Å². The van der Waals surface area contributed by atoms with Crippen LogP contribution in [-0.2, 0) is 14.6 Å². The van der Waals surface area contributed by atoms with Gasteiger partial charge in [-0.3, -0.25) is 14.5 Å². The molecule has 2 amide bonds. The van der Waals surface area contributed by atoms with Crippen LogP contribution in [0.5, 0.6) is 0 Å². The molecule has 8 nitrogen and oxygen atoms in total. The molecule has 0 aliphatic carbocycles. The van der Waals surface area contributed by atoms with Crippen molar-refractivity contribution >= 4 is 21.7 Å². The number of amides is 2. The van der Waals surface area contributed by atoms with Crippen LogP contribution in [0.1, 0.15) is 23.2 Å². The van der Waals surface area contributed by atoms with Gasteiger partial charge in [-0.15, -0.1) is 0 Å². The highest BCUT2D eigenvalue weighted by Gasteiger charge is 2.29. The lowest BCUT2D eigenvalue weighted by Gasteiger charge is -2.32. The Morgan fingerprint density at radius 2 is 2.00 bits per heavy atom. The van der Waals surface area contributed by atoms with Gasteiger partial charge < -0.3 is 14.6 Å². The zero-order valence-corrected chi connectivity index (χ0v) is 15.5. The molecule has 9 heteroatoms. The number of hydrogen-bond acceptors (Lipinski definition) is 6. The summed E-state index contributed by atoms with van der Waals surface area (Å²) < 4.78 is 27.8. The van der Waals surface area contributed by atoms with E-state index in [0.717, 1.165) is 12.8 Å². The Balaban J connectivity index is 1.42. The zero-order valence-electron chi connectivity index (χ0n) is 14.7. The van der Waals surface area contributed by atoms with Crippen LogP contribution in [0.15, 0.2) is 23.0 Å². The molecule has 2 aliphatic heterocycles. The van der Waals surface area contributed by atoms with E-state index >= 15 is 0 Å². The molecule has 1 aromatic heterocycles. The van der Waals surface area contributed by atoms with E-state index in [1.807, 2.05) is 0 Å². The average molecular weight is 383 g/mol. The molecule has 0 spiro atoms. The fourth-order valence-corrected chi connectivity index (χ4v) is 4.68. The number of furan rings is 1. The minimum absolute atomic E-state index is 0.0423. The zero-order chi connectivity index (χ0) is 18.6. The van der Waals surface area contributed by atoms with Crippen LogP contribution in [0.2, 0.25) is 0 Å². The molecule has 0 saturated carbocycles. The number of hydrogen-bond donors (Lipinski definition) is 1. The third kappa shape index (κ3) is 4.85. The van der Waals surface area contributed by atoms with Gasteiger partial charge in [-0.2, -0.15) is 0 Å². The van der Waals surface area contributed by atoms with Crippen LogP contribution in [0.25, 0.3) is 0 Å². The number of carbonyl (C=O) groups is 2. The number of carbonyl (C=O) groups excluding carboxylic acids is 2. The second-order valence-electron chi connectivity index (χ2n) is 6.89. The molecule has 0 bridgehead atoms. The molecule has 2 aliphatic rings. The Morgan fingerprint density at radius 1 is 1.23 bits per heavy atom. The second kappa shape index (κ2) is 8.22. The van der Waals surface area contributed by atoms with Gasteiger partial charge in [0.15, 0.2) is 9.84 Å². The van der Waals surface area contributed by atoms with E-state index in [1.54, 1.807) is 11.0 Å². The molecule has 3 heterocycles. The molecular formula is C17H25N3O5S. The first-order valence-corrected chi connectivity index (χ1v) is 10.8. The molecule has 3 rings (SSSR count). The molecule has 2 saturated heterocycles. The molecule has 1 atom stereocenters. The van der Waals surface area contributed by atoms with Crippen LogP contribution >= 0.6 is 0 Å². The van der Waals surface area contributed by atoms with Gasteiger partial charge in [0.05, 0.1) is 29.3 Å². The van der Waals surface area contributed by atoms with Gasteiger partial charge in [0.1, 0.15) is 6.26 Å². The first-order chi connectivity index (χ1) is 12.4. The summed E-state index contributed by atoms with van der Waals surface area (Å²) in [5, 5.41) is 2.93. The lowest BCUT2D eigenvalue weighted by molar-refractivity contribution is -0.126. The topological polar surface area (TPSA) is 99.9 Å². The molecule has 144 valence electrons. The summed E-state index contributed by atoms with van der Waals surface area (Å²) in [6, 6.07) is 1.63. The maximum atomic E-state index is 12.4. The van der Waals surface area contributed by atoms with E-state index in [1.165, 1.54) is 12.5 Å². The Morgan fingerprint density at radius 3 is 2.69 bits per heavy atom. The van der Waals surface area contributed by atoms with Crippen LogP contribution in [0.3, 0.4) is 0 Å². The molecule has 0 radical (unpaired) electrons. The third-order valence-electron chi connectivity index (χ3n) is 5.01. The Bertz CT molecular complexity index is 718. The van der Waals surface area contributed by atoms with Crippen LogP contribution in [0, 0.1) is 5.92 Å². The van der Waals surface area contributed by atoms with Crippen molar-refractivity contribution in [2.24, 2.45) is 5.92 Å². The summed E-state index contributed by atoms with van der Waals surface area (Å²) in [5.74, 6) is 0.0231. The molecular weight excluding hydrogens is 358 g/mol. The maximum absolute atomic E-state index is 12.4. The molecule has 2 fully saturated rings. The van der Waals surface area contributed by atoms with E-state index in [9.17, 15) is 18.0 Å². The summed E-state index contributed by atoms with van der Waals surface area (Å²) >= 11 is 0. The van der Waals surface area contributed by atoms with Gasteiger partial charge in [-0.1, -0.05) is 0 Å². The van der Waals surface area contributed by atoms with Gasteiger partial charge in [-0.05, 0) is 18.9 Å². The number of piperidine rings is 1. The fourth-order valence-electron chi connectivity index (χ4n) is 3.40. The number of rotatable bonds is 5. The summed E-state index contributed by atoms with van der Waals surface area (Å²) in [6.45, 7) is 3.24. The Kier molecular flexibility index (Phi) is 5.98. The van der Waals surface area contributed by atoms with Crippen molar-refractivity contribution in [2.45, 2.75) is 12.8 Å². The van der Waals surface area contributed by atoms with E-state index in [4.69, 9.17) is 4.42 Å². The minimum atomic E-state index is -2.88. The number of sulfone groups is 1. The minimum Gasteiger partial charge on any atom is -0.472 e. The highest BCUT2D eigenvalue weighted by Crippen LogP contribution is 2.19. The SMILES string of the molecule is O=C(NCCN1CCS(=O)(=O)CC1)[C@@H]1CCCN(C(=O)c2ccoc2)C1. The van der Waals surface area contributed by atoms with Gasteiger partial charge in [-0.25, -0.2) is 8.42 Å². The molecule has 26 heavy (non-hydrogen) atoms. The molecule has 1 N–H and O–H groups in total. The van der Waals surface area contributed by atoms with Gasteiger partial charge in [0.25, 0.3) is 5.91 Å². The average Bonchev–Trinajstić information content (AvgIpc) is 3.17. The van der Waals surface area contributed by atoms with Gasteiger partial charge in [0.2, 0.25) is 5.91 Å². The van der Waals surface area contributed by atoms with Gasteiger partial charge >= 0.3 is 0 Å². The molecule has 0 aromatic carbocycles. The maximum Gasteiger partial charge on any atom is 0.257 e. The van der Waals surface area contributed by atoms with Crippen LogP contribution in [-0.4, -0.2) is 80.8 Å². The van der Waals surface area contributed by atoms with Crippen LogP contribution in [0.4, 0.5) is 0 Å². The summed E-state index contributed by atoms with van der Waals surface area (Å²) in [4.78, 5) is 28.6. The monoisotopic (exact) mass is 383 g/mol. The van der Waals surface area contributed by atoms with Crippen molar-refractivity contribution in [3.05, 3.63) is 24.2 Å². The molecule has 0 unspecified atom stereocenters. The quantitative estimate of drug-likeness (QED) is 0.767. The third-order valence-corrected chi connectivity index (χ3v) is 6.62. The Labute approximate surface area is 153 Å². The second-order valence-corrected chi connectivity index (χ2v) is 9.19. The predicted molar refractivity (Wildman–Crippen MR) is 95.4 cm³/mol. The standard InChI is InChI=1S/C17H25N3O5S/c21-16(18-4-6-19-7-10-26(23,24)11-8-19)14-2-1-5-20(12-14)17(22)15-3-9-25-13-15/h3,9,13-14H,1-2,4-8,10-12H2,(H,18,21)/t14-/m1/s1. The summed E-state index contributed by atoms with van der Waals surface area (Å²) in [7, 11) is -2.88. The Hall–Kier alpha value is -1.87. The summed E-state index contributed by atoms with van der Waals surface area (Å²) in [5.41, 5.74) is 0.506. The van der Waals surface area contributed by atoms with Crippen molar-refractivity contribution in [1.82, 2.24) is 15.1 Å². The lowest BCUT2D eigenvalue weighted by atomic mass is 9.96. The number of nitrogens with one attached hydrogen (secondary N) is 1. The number of nitrogens with zero attached hydrogens (tertiary/aromatic N) is 2. The molecule has 1 aromatic rings. The largest absolute Gasteiger partial charge is 0.472 e. The summed E-state index contributed by atoms with van der Waals surface area (Å²) in [6.07, 6.45) is 4.45. The van der Waals surface area contributed by atoms with Crippen molar-refractivity contribution in [3.63, 3.8) is 0 Å². The van der Waals surface area contributed by atoms with Crippen molar-refractivity contribution < 1.29 is 22.4 Å². The van der Waals surface area contributed by atoms with Crippen LogP contribution < -0.4 is 5.32 Å². The van der Waals surface area contributed by atoms with Crippen molar-refractivity contribution in [2.75, 3.05) is 50.8 Å². The fraction of sp³-hybridized carbons (Fsp3) is 0.647. The lowest BCUT2D eigenvalue weighted by Crippen LogP contribution is -2.47. The van der Waals surface area contributed by atoms with Gasteiger partial charge in [0, 0.05) is 39.3 Å². The highest BCUT2D eigenvalue weighted by atomic mass is 32.2. The first kappa shape index (κ1) is 18.9. The number of likely N-dealkylation sites (tertiary alicyclic amines) is 1. The van der Waals surface area contributed by atoms with E-state index in [0.29, 0.717) is 44.8 Å². The predicted octanol–water partition coefficient (Wildman–Crippen LogP) is -0.0216. The van der Waals surface area contributed by atoms with Crippen molar-refractivity contribution in [3.8, 4) is 0 Å². The van der Waals surface area contributed by atoms with E-state index in [2.05, 4.69) is 10.2 Å². The first-order valence-electron chi connectivity index (χ1n) is 8.96. The normalized spacial score (nSPS) is 23.5. The smallest absolute Gasteiger partial charge is 0.257 e. The van der Waals surface area contributed by atoms with Crippen molar-refractivity contribution in [1.29, 1.82) is 0 Å². The van der Waals surface area contributed by atoms with E-state index < -0.39 is 9.84 Å².